The van der Waals surface area contributed by atoms with Crippen molar-refractivity contribution in [3.05, 3.63) is 24.3 Å². The van der Waals surface area contributed by atoms with E-state index in [4.69, 9.17) is 11.6 Å². The zero-order valence-corrected chi connectivity index (χ0v) is 12.1. The van der Waals surface area contributed by atoms with Crippen molar-refractivity contribution in [1.29, 1.82) is 0 Å². The Balaban J connectivity index is 1.95. The molecule has 3 nitrogen and oxygen atoms in total. The van der Waals surface area contributed by atoms with Crippen LogP contribution in [0, 0.1) is 5.92 Å². The maximum atomic E-state index is 6.07. The molecule has 0 aromatic carbocycles. The summed E-state index contributed by atoms with van der Waals surface area (Å²) >= 11 is 6.07. The minimum atomic E-state index is 0.475. The molecule has 1 aliphatic rings. The van der Waals surface area contributed by atoms with Crippen LogP contribution in [0.1, 0.15) is 50.9 Å². The molecule has 19 heavy (non-hydrogen) atoms. The zero-order valence-electron chi connectivity index (χ0n) is 11.3. The molecule has 0 unspecified atom stereocenters. The summed E-state index contributed by atoms with van der Waals surface area (Å²) in [5.41, 5.74) is 2.15. The largest absolute Gasteiger partial charge is 0.324 e. The van der Waals surface area contributed by atoms with Crippen LogP contribution in [0.15, 0.2) is 18.5 Å². The van der Waals surface area contributed by atoms with Crippen LogP contribution in [-0.2, 0) is 5.88 Å². The first kappa shape index (κ1) is 12.9. The summed E-state index contributed by atoms with van der Waals surface area (Å²) in [5.74, 6) is 2.37. The highest BCUT2D eigenvalue weighted by Gasteiger charge is 2.24. The highest BCUT2D eigenvalue weighted by molar-refractivity contribution is 6.16. The van der Waals surface area contributed by atoms with E-state index >= 15 is 0 Å². The monoisotopic (exact) mass is 277 g/mol. The number of hydrogen-bond acceptors (Lipinski definition) is 2. The van der Waals surface area contributed by atoms with E-state index in [1.165, 1.54) is 37.6 Å². The second-order valence-electron chi connectivity index (χ2n) is 5.48. The lowest BCUT2D eigenvalue weighted by molar-refractivity contribution is 0.270. The van der Waals surface area contributed by atoms with Gasteiger partial charge in [0.1, 0.15) is 11.3 Å². The Morgan fingerprint density at radius 2 is 2.11 bits per heavy atom. The van der Waals surface area contributed by atoms with E-state index in [-0.39, 0.29) is 0 Å². The fourth-order valence-corrected chi connectivity index (χ4v) is 3.50. The van der Waals surface area contributed by atoms with Gasteiger partial charge in [0, 0.05) is 12.2 Å². The van der Waals surface area contributed by atoms with Crippen LogP contribution in [0.5, 0.6) is 0 Å². The number of fused-ring (bicyclic) bond motifs is 1. The first-order valence-corrected chi connectivity index (χ1v) is 7.73. The number of hydrogen-bond donors (Lipinski definition) is 0. The van der Waals surface area contributed by atoms with Crippen molar-refractivity contribution < 1.29 is 0 Å². The summed E-state index contributed by atoms with van der Waals surface area (Å²) in [6.45, 7) is 2.30. The molecule has 0 radical (unpaired) electrons. The molecule has 0 spiro atoms. The quantitative estimate of drug-likeness (QED) is 0.783. The molecule has 0 amide bonds. The van der Waals surface area contributed by atoms with Crippen molar-refractivity contribution in [3.8, 4) is 0 Å². The number of alkyl halides is 1. The lowest BCUT2D eigenvalue weighted by Crippen LogP contribution is -2.19. The highest BCUT2D eigenvalue weighted by atomic mass is 35.5. The van der Waals surface area contributed by atoms with E-state index in [1.54, 1.807) is 0 Å². The summed E-state index contributed by atoms with van der Waals surface area (Å²) in [7, 11) is 0. The van der Waals surface area contributed by atoms with Crippen LogP contribution in [0.25, 0.3) is 11.0 Å². The molecular weight excluding hydrogens is 258 g/mol. The Kier molecular flexibility index (Phi) is 3.74. The smallest absolute Gasteiger partial charge is 0.125 e. The predicted molar refractivity (Wildman–Crippen MR) is 78.4 cm³/mol. The van der Waals surface area contributed by atoms with Crippen molar-refractivity contribution >= 4 is 22.6 Å². The third kappa shape index (κ3) is 2.36. The summed E-state index contributed by atoms with van der Waals surface area (Å²) in [6, 6.07) is 2.62. The second kappa shape index (κ2) is 5.49. The van der Waals surface area contributed by atoms with Gasteiger partial charge in [0.2, 0.25) is 0 Å². The van der Waals surface area contributed by atoms with Gasteiger partial charge in [-0.15, -0.1) is 11.6 Å². The molecule has 0 atom stereocenters. The minimum absolute atomic E-state index is 0.475. The maximum Gasteiger partial charge on any atom is 0.125 e. The van der Waals surface area contributed by atoms with Crippen molar-refractivity contribution in [3.63, 3.8) is 0 Å². The van der Waals surface area contributed by atoms with Crippen LogP contribution in [0.3, 0.4) is 0 Å². The predicted octanol–water partition coefficient (Wildman–Crippen LogP) is 4.31. The van der Waals surface area contributed by atoms with Gasteiger partial charge in [0.25, 0.3) is 0 Å². The average Bonchev–Trinajstić information content (AvgIpc) is 2.86. The number of imidazole rings is 1. The molecule has 0 aliphatic heterocycles. The number of pyridine rings is 1. The Labute approximate surface area is 119 Å². The lowest BCUT2D eigenvalue weighted by atomic mass is 9.84. The third-order valence-electron chi connectivity index (χ3n) is 4.44. The van der Waals surface area contributed by atoms with E-state index in [9.17, 15) is 0 Å². The van der Waals surface area contributed by atoms with E-state index < -0.39 is 0 Å². The van der Waals surface area contributed by atoms with Gasteiger partial charge < -0.3 is 4.57 Å². The number of halogens is 1. The van der Waals surface area contributed by atoms with Gasteiger partial charge in [-0.3, -0.25) is 4.98 Å². The van der Waals surface area contributed by atoms with E-state index in [0.717, 1.165) is 17.3 Å². The molecule has 1 fully saturated rings. The maximum absolute atomic E-state index is 6.07. The van der Waals surface area contributed by atoms with Gasteiger partial charge in [0.15, 0.2) is 0 Å². The Hall–Kier alpha value is -1.09. The molecule has 3 rings (SSSR count). The summed E-state index contributed by atoms with van der Waals surface area (Å²) in [6.07, 6.45) is 10.1. The first-order valence-electron chi connectivity index (χ1n) is 7.20. The summed E-state index contributed by atoms with van der Waals surface area (Å²) in [4.78, 5) is 8.77. The van der Waals surface area contributed by atoms with Gasteiger partial charge in [-0.2, -0.15) is 0 Å². The topological polar surface area (TPSA) is 30.7 Å². The van der Waals surface area contributed by atoms with Crippen LogP contribution < -0.4 is 0 Å². The summed E-state index contributed by atoms with van der Waals surface area (Å²) < 4.78 is 2.36. The molecule has 2 aromatic heterocycles. The van der Waals surface area contributed by atoms with Gasteiger partial charge in [0.05, 0.1) is 17.6 Å². The molecule has 0 N–H and O–H groups in total. The van der Waals surface area contributed by atoms with Crippen molar-refractivity contribution in [2.45, 2.75) is 50.9 Å². The fraction of sp³-hybridized carbons (Fsp3) is 0.600. The standard InChI is InChI=1S/C15H20ClN3/c1-2-11-3-5-12(6-4-11)19-14-7-8-17-10-13(14)18-15(19)9-16/h7-8,10-12H,2-6,9H2,1H3. The summed E-state index contributed by atoms with van der Waals surface area (Å²) in [5, 5.41) is 0. The fourth-order valence-electron chi connectivity index (χ4n) is 3.31. The van der Waals surface area contributed by atoms with Gasteiger partial charge in [-0.05, 0) is 37.7 Å². The molecule has 0 bridgehead atoms. The minimum Gasteiger partial charge on any atom is -0.324 e. The molecule has 0 saturated heterocycles. The lowest BCUT2D eigenvalue weighted by Gasteiger charge is -2.30. The molecule has 102 valence electrons. The molecular formula is C15H20ClN3. The molecule has 4 heteroatoms. The van der Waals surface area contributed by atoms with E-state index in [1.807, 2.05) is 12.4 Å². The number of nitrogens with zero attached hydrogens (tertiary/aromatic N) is 3. The molecule has 2 aromatic rings. The third-order valence-corrected chi connectivity index (χ3v) is 4.68. The van der Waals surface area contributed by atoms with E-state index in [2.05, 4.69) is 27.5 Å². The SMILES string of the molecule is CCC1CCC(n2c(CCl)nc3cnccc32)CC1. The Bertz CT molecular complexity index is 556. The van der Waals surface area contributed by atoms with Crippen molar-refractivity contribution in [2.75, 3.05) is 0 Å². The van der Waals surface area contributed by atoms with Crippen LogP contribution in [0.4, 0.5) is 0 Å². The number of rotatable bonds is 3. The van der Waals surface area contributed by atoms with Crippen molar-refractivity contribution in [1.82, 2.24) is 14.5 Å². The van der Waals surface area contributed by atoms with Crippen molar-refractivity contribution in [2.24, 2.45) is 5.92 Å². The number of aromatic nitrogens is 3. The van der Waals surface area contributed by atoms with Gasteiger partial charge in [-0.1, -0.05) is 13.3 Å². The zero-order chi connectivity index (χ0) is 13.2. The molecule has 1 aliphatic carbocycles. The Morgan fingerprint density at radius 3 is 2.79 bits per heavy atom. The molecule has 2 heterocycles. The van der Waals surface area contributed by atoms with Gasteiger partial charge >= 0.3 is 0 Å². The van der Waals surface area contributed by atoms with Gasteiger partial charge in [-0.25, -0.2) is 4.98 Å². The first-order chi connectivity index (χ1) is 9.33. The van der Waals surface area contributed by atoms with E-state index in [0.29, 0.717) is 11.9 Å². The second-order valence-corrected chi connectivity index (χ2v) is 5.75. The van der Waals surface area contributed by atoms with Crippen LogP contribution >= 0.6 is 11.6 Å². The van der Waals surface area contributed by atoms with Crippen LogP contribution in [-0.4, -0.2) is 14.5 Å². The molecule has 1 saturated carbocycles. The average molecular weight is 278 g/mol. The normalized spacial score (nSPS) is 23.9. The Morgan fingerprint density at radius 1 is 1.32 bits per heavy atom. The highest BCUT2D eigenvalue weighted by Crippen LogP contribution is 2.36. The van der Waals surface area contributed by atoms with Crippen LogP contribution in [0.2, 0.25) is 0 Å².